The molecule has 2 aromatic rings. The maximum atomic E-state index is 12.5. The summed E-state index contributed by atoms with van der Waals surface area (Å²) in [5.41, 5.74) is -0.0605. The Morgan fingerprint density at radius 3 is 2.85 bits per heavy atom. The summed E-state index contributed by atoms with van der Waals surface area (Å²) in [6, 6.07) is 8.38. The van der Waals surface area contributed by atoms with Crippen LogP contribution in [0.25, 0.3) is 0 Å². The zero-order valence-corrected chi connectivity index (χ0v) is 15.0. The molecule has 0 spiro atoms. The molecule has 1 aliphatic rings. The number of para-hydroxylation sites is 1. The Bertz CT molecular complexity index is 834. The van der Waals surface area contributed by atoms with Gasteiger partial charge in [0.1, 0.15) is 5.56 Å². The monoisotopic (exact) mass is 374 g/mol. The molecular weight excluding hydrogens is 356 g/mol. The van der Waals surface area contributed by atoms with E-state index >= 15 is 0 Å². The molecule has 7 nitrogen and oxygen atoms in total. The van der Waals surface area contributed by atoms with Gasteiger partial charge in [0.15, 0.2) is 6.61 Å². The second-order valence-corrected chi connectivity index (χ2v) is 7.04. The summed E-state index contributed by atoms with van der Waals surface area (Å²) in [7, 11) is 0. The van der Waals surface area contributed by atoms with E-state index in [4.69, 9.17) is 4.74 Å². The first-order chi connectivity index (χ1) is 12.5. The lowest BCUT2D eigenvalue weighted by atomic mass is 10.1. The number of nitro groups is 1. The first-order valence-corrected chi connectivity index (χ1v) is 9.11. The lowest BCUT2D eigenvalue weighted by Crippen LogP contribution is -2.34. The van der Waals surface area contributed by atoms with Crippen molar-refractivity contribution in [2.45, 2.75) is 25.8 Å². The molecule has 136 valence electrons. The molecule has 2 heterocycles. The van der Waals surface area contributed by atoms with Gasteiger partial charge in [-0.15, -0.1) is 11.3 Å². The summed E-state index contributed by atoms with van der Waals surface area (Å²) in [5.74, 6) is -1.15. The van der Waals surface area contributed by atoms with E-state index < -0.39 is 17.5 Å². The summed E-state index contributed by atoms with van der Waals surface area (Å²) in [6.07, 6.45) is 1.77. The summed E-state index contributed by atoms with van der Waals surface area (Å²) in [4.78, 5) is 38.2. The van der Waals surface area contributed by atoms with Gasteiger partial charge in [-0.25, -0.2) is 4.79 Å². The van der Waals surface area contributed by atoms with Gasteiger partial charge in [-0.05, 0) is 37.3 Å². The minimum Gasteiger partial charge on any atom is -0.452 e. The van der Waals surface area contributed by atoms with Gasteiger partial charge in [0.25, 0.3) is 11.6 Å². The summed E-state index contributed by atoms with van der Waals surface area (Å²) >= 11 is 1.59. The lowest BCUT2D eigenvalue weighted by Gasteiger charge is -2.23. The normalized spacial score (nSPS) is 16.5. The molecule has 8 heteroatoms. The first kappa shape index (κ1) is 18.1. The number of hydrogen-bond acceptors (Lipinski definition) is 6. The zero-order valence-electron chi connectivity index (χ0n) is 14.2. The number of nitrogens with zero attached hydrogens (tertiary/aromatic N) is 2. The van der Waals surface area contributed by atoms with Crippen LogP contribution in [0.3, 0.4) is 0 Å². The number of nitro benzene ring substituents is 1. The topological polar surface area (TPSA) is 89.8 Å². The molecule has 0 N–H and O–H groups in total. The van der Waals surface area contributed by atoms with Crippen LogP contribution in [-0.2, 0) is 9.53 Å². The predicted octanol–water partition coefficient (Wildman–Crippen LogP) is 3.49. The zero-order chi connectivity index (χ0) is 18.7. The van der Waals surface area contributed by atoms with Crippen LogP contribution in [0.15, 0.2) is 35.7 Å². The van der Waals surface area contributed by atoms with Crippen LogP contribution in [0.2, 0.25) is 0 Å². The van der Waals surface area contributed by atoms with Crippen LogP contribution in [0.5, 0.6) is 0 Å². The van der Waals surface area contributed by atoms with Gasteiger partial charge in [-0.3, -0.25) is 14.9 Å². The van der Waals surface area contributed by atoms with Crippen LogP contribution < -0.4 is 0 Å². The number of thiophene rings is 1. The highest BCUT2D eigenvalue weighted by atomic mass is 32.1. The molecule has 0 saturated carbocycles. The van der Waals surface area contributed by atoms with Crippen LogP contribution in [0, 0.1) is 17.0 Å². The fraction of sp³-hybridized carbons (Fsp3) is 0.333. The number of ether oxygens (including phenoxy) is 1. The molecule has 0 bridgehead atoms. The Morgan fingerprint density at radius 2 is 2.15 bits per heavy atom. The van der Waals surface area contributed by atoms with Crippen molar-refractivity contribution in [3.05, 3.63) is 61.8 Å². The largest absolute Gasteiger partial charge is 0.452 e. The van der Waals surface area contributed by atoms with Crippen molar-refractivity contribution in [1.29, 1.82) is 0 Å². The molecule has 0 unspecified atom stereocenters. The maximum absolute atomic E-state index is 12.5. The number of amides is 1. The van der Waals surface area contributed by atoms with Gasteiger partial charge in [-0.1, -0.05) is 18.2 Å². The fourth-order valence-corrected chi connectivity index (χ4v) is 4.07. The van der Waals surface area contributed by atoms with E-state index in [1.807, 2.05) is 17.5 Å². The predicted molar refractivity (Wildman–Crippen MR) is 96.1 cm³/mol. The third-order valence-electron chi connectivity index (χ3n) is 4.41. The van der Waals surface area contributed by atoms with Crippen molar-refractivity contribution in [2.24, 2.45) is 0 Å². The molecule has 1 aliphatic heterocycles. The number of benzene rings is 1. The Labute approximate surface area is 154 Å². The molecule has 3 rings (SSSR count). The molecule has 0 aliphatic carbocycles. The quantitative estimate of drug-likeness (QED) is 0.454. The molecule has 26 heavy (non-hydrogen) atoms. The van der Waals surface area contributed by atoms with Crippen molar-refractivity contribution < 1.29 is 19.2 Å². The molecule has 1 saturated heterocycles. The minimum atomic E-state index is -0.861. The van der Waals surface area contributed by atoms with E-state index in [-0.39, 0.29) is 23.2 Å². The van der Waals surface area contributed by atoms with Gasteiger partial charge in [0.05, 0.1) is 11.0 Å². The Balaban J connectivity index is 1.67. The van der Waals surface area contributed by atoms with E-state index in [1.54, 1.807) is 35.3 Å². The van der Waals surface area contributed by atoms with Crippen molar-refractivity contribution >= 4 is 28.9 Å². The standard InChI is InChI=1S/C18H18N2O5S/c1-12-5-2-6-13(17(12)20(23)24)18(22)25-11-16(21)19-9-3-7-14(19)15-8-4-10-26-15/h2,4-6,8,10,14H,3,7,9,11H2,1H3/t14-/m1/s1. The van der Waals surface area contributed by atoms with Gasteiger partial charge in [0.2, 0.25) is 0 Å². The summed E-state index contributed by atoms with van der Waals surface area (Å²) in [6.45, 7) is 1.74. The highest BCUT2D eigenvalue weighted by Crippen LogP contribution is 2.34. The van der Waals surface area contributed by atoms with Crippen molar-refractivity contribution in [1.82, 2.24) is 4.90 Å². The molecule has 1 fully saturated rings. The molecule has 1 aromatic carbocycles. The number of carbonyl (C=O) groups is 2. The minimum absolute atomic E-state index is 0.00880. The Kier molecular flexibility index (Phi) is 5.32. The maximum Gasteiger partial charge on any atom is 0.345 e. The summed E-state index contributed by atoms with van der Waals surface area (Å²) in [5, 5.41) is 13.2. The van der Waals surface area contributed by atoms with E-state index in [1.165, 1.54) is 6.07 Å². The smallest absolute Gasteiger partial charge is 0.345 e. The van der Waals surface area contributed by atoms with E-state index in [9.17, 15) is 19.7 Å². The molecule has 1 atom stereocenters. The second-order valence-electron chi connectivity index (χ2n) is 6.06. The van der Waals surface area contributed by atoms with Gasteiger partial charge in [-0.2, -0.15) is 0 Å². The number of likely N-dealkylation sites (tertiary alicyclic amines) is 1. The van der Waals surface area contributed by atoms with Crippen molar-refractivity contribution in [3.63, 3.8) is 0 Å². The Hall–Kier alpha value is -2.74. The van der Waals surface area contributed by atoms with E-state index in [0.29, 0.717) is 12.1 Å². The third-order valence-corrected chi connectivity index (χ3v) is 5.39. The van der Waals surface area contributed by atoms with Crippen LogP contribution in [0.1, 0.15) is 39.7 Å². The average Bonchev–Trinajstić information content (AvgIpc) is 3.29. The number of rotatable bonds is 5. The van der Waals surface area contributed by atoms with Crippen LogP contribution in [0.4, 0.5) is 5.69 Å². The Morgan fingerprint density at radius 1 is 1.35 bits per heavy atom. The fourth-order valence-electron chi connectivity index (χ4n) is 3.20. The number of esters is 1. The lowest BCUT2D eigenvalue weighted by molar-refractivity contribution is -0.385. The average molecular weight is 374 g/mol. The number of carbonyl (C=O) groups excluding carboxylic acids is 2. The third kappa shape index (κ3) is 3.60. The first-order valence-electron chi connectivity index (χ1n) is 8.23. The highest BCUT2D eigenvalue weighted by molar-refractivity contribution is 7.10. The van der Waals surface area contributed by atoms with Gasteiger partial charge < -0.3 is 9.64 Å². The SMILES string of the molecule is Cc1cccc(C(=O)OCC(=O)N2CCC[C@@H]2c2cccs2)c1[N+](=O)[O-]. The number of hydrogen-bond donors (Lipinski definition) is 0. The second kappa shape index (κ2) is 7.65. The van der Waals surface area contributed by atoms with Gasteiger partial charge in [0, 0.05) is 17.0 Å². The van der Waals surface area contributed by atoms with Crippen molar-refractivity contribution in [2.75, 3.05) is 13.2 Å². The molecule has 1 amide bonds. The molecule has 0 radical (unpaired) electrons. The van der Waals surface area contributed by atoms with Crippen LogP contribution >= 0.6 is 11.3 Å². The number of aryl methyl sites for hydroxylation is 1. The molecular formula is C18H18N2O5S. The van der Waals surface area contributed by atoms with Crippen molar-refractivity contribution in [3.8, 4) is 0 Å². The summed E-state index contributed by atoms with van der Waals surface area (Å²) < 4.78 is 5.08. The van der Waals surface area contributed by atoms with E-state index in [2.05, 4.69) is 0 Å². The van der Waals surface area contributed by atoms with Crippen LogP contribution in [-0.4, -0.2) is 34.9 Å². The van der Waals surface area contributed by atoms with E-state index in [0.717, 1.165) is 17.7 Å². The van der Waals surface area contributed by atoms with Gasteiger partial charge >= 0.3 is 5.97 Å². The highest BCUT2D eigenvalue weighted by Gasteiger charge is 2.31. The molecule has 1 aromatic heterocycles.